The Morgan fingerprint density at radius 3 is 2.69 bits per heavy atom. The van der Waals surface area contributed by atoms with E-state index in [-0.39, 0.29) is 33.9 Å². The summed E-state index contributed by atoms with van der Waals surface area (Å²) in [4.78, 5) is 3.98. The third kappa shape index (κ3) is 2.37. The van der Waals surface area contributed by atoms with Crippen molar-refractivity contribution in [3.63, 3.8) is 0 Å². The summed E-state index contributed by atoms with van der Waals surface area (Å²) >= 11 is -0.710. The summed E-state index contributed by atoms with van der Waals surface area (Å²) in [6.45, 7) is 0. The fourth-order valence-electron chi connectivity index (χ4n) is 0.926. The van der Waals surface area contributed by atoms with Gasteiger partial charge in [0.25, 0.3) is 0 Å². The molecule has 1 atom stereocenters. The quantitative estimate of drug-likeness (QED) is 0.584. The second-order valence-electron chi connectivity index (χ2n) is 2.20. The van der Waals surface area contributed by atoms with Crippen LogP contribution in [-0.4, -0.2) is 43.3 Å². The van der Waals surface area contributed by atoms with E-state index in [4.69, 9.17) is 4.55 Å². The Bertz CT molecular complexity index is 410. The molecule has 0 saturated carbocycles. The van der Waals surface area contributed by atoms with E-state index in [1.165, 1.54) is 11.3 Å². The van der Waals surface area contributed by atoms with Crippen molar-refractivity contribution < 1.29 is 8.76 Å². The number of rotatable bonds is 1. The van der Waals surface area contributed by atoms with Crippen molar-refractivity contribution in [3.8, 4) is 0 Å². The third-order valence-corrected chi connectivity index (χ3v) is 3.32. The topological polar surface area (TPSA) is 50.2 Å². The molecule has 0 aliphatic rings. The summed E-state index contributed by atoms with van der Waals surface area (Å²) in [5, 5.41) is 0. The number of nitrogens with zero attached hydrogens (tertiary/aromatic N) is 1. The second kappa shape index (κ2) is 4.63. The zero-order valence-corrected chi connectivity index (χ0v) is 7.56. The van der Waals surface area contributed by atoms with Gasteiger partial charge < -0.3 is 4.55 Å². The van der Waals surface area contributed by atoms with Crippen LogP contribution in [0.3, 0.4) is 0 Å². The van der Waals surface area contributed by atoms with Crippen LogP contribution in [0.1, 0.15) is 0 Å². The summed E-state index contributed by atoms with van der Waals surface area (Å²) in [5.41, 5.74) is 0.778. The van der Waals surface area contributed by atoms with Gasteiger partial charge in [0.15, 0.2) is 0 Å². The molecule has 1 unspecified atom stereocenters. The van der Waals surface area contributed by atoms with Gasteiger partial charge >= 0.3 is 29.6 Å². The number of hydrogen-bond donors (Lipinski definition) is 1. The molecule has 0 bridgehead atoms. The molecule has 2 rings (SSSR count). The predicted molar refractivity (Wildman–Crippen MR) is 55.8 cm³/mol. The maximum atomic E-state index is 10.6. The number of aromatic nitrogens is 1. The van der Waals surface area contributed by atoms with Crippen molar-refractivity contribution in [2.45, 2.75) is 4.34 Å². The van der Waals surface area contributed by atoms with Crippen molar-refractivity contribution >= 4 is 62.2 Å². The van der Waals surface area contributed by atoms with E-state index in [2.05, 4.69) is 4.98 Å². The van der Waals surface area contributed by atoms with Gasteiger partial charge in [-0.05, 0) is 12.1 Å². The van der Waals surface area contributed by atoms with Gasteiger partial charge in [0.05, 0.1) is 10.2 Å². The predicted octanol–water partition coefficient (Wildman–Crippen LogP) is 1.23. The van der Waals surface area contributed by atoms with Crippen LogP contribution in [-0.2, 0) is 11.1 Å². The molecule has 1 N–H and O–H groups in total. The Labute approximate surface area is 104 Å². The second-order valence-corrected chi connectivity index (χ2v) is 4.37. The molecule has 1 aromatic heterocycles. The zero-order chi connectivity index (χ0) is 8.55. The summed E-state index contributed by atoms with van der Waals surface area (Å²) in [6.07, 6.45) is 0. The van der Waals surface area contributed by atoms with Crippen LogP contribution in [0.5, 0.6) is 0 Å². The molecule has 0 amide bonds. The number of benzene rings is 1. The number of fused-ring (bicyclic) bond motifs is 1. The van der Waals surface area contributed by atoms with Crippen molar-refractivity contribution in [1.29, 1.82) is 0 Å². The number of hydrogen-bond acceptors (Lipinski definition) is 3. The first-order valence-corrected chi connectivity index (χ1v) is 5.16. The van der Waals surface area contributed by atoms with E-state index in [1.54, 1.807) is 0 Å². The molecule has 0 spiro atoms. The van der Waals surface area contributed by atoms with Crippen LogP contribution in [0, 0.1) is 0 Å². The van der Waals surface area contributed by atoms with Gasteiger partial charge in [-0.1, -0.05) is 12.1 Å². The minimum atomic E-state index is -1.95. The van der Waals surface area contributed by atoms with Gasteiger partial charge in [0.2, 0.25) is 15.4 Å². The Morgan fingerprint density at radius 2 is 2.08 bits per heavy atom. The Morgan fingerprint density at radius 1 is 1.38 bits per heavy atom. The van der Waals surface area contributed by atoms with Crippen LogP contribution in [0.4, 0.5) is 0 Å². The van der Waals surface area contributed by atoms with E-state index in [9.17, 15) is 4.21 Å². The van der Waals surface area contributed by atoms with Gasteiger partial charge in [-0.3, -0.25) is 0 Å². The Hall–Kier alpha value is 0.220. The summed E-state index contributed by atoms with van der Waals surface area (Å²) in [5.74, 6) is 0. The average molecular weight is 223 g/mol. The molecule has 0 saturated heterocycles. The van der Waals surface area contributed by atoms with Gasteiger partial charge in [-0.25, -0.2) is 9.19 Å². The van der Waals surface area contributed by atoms with Crippen LogP contribution >= 0.6 is 11.3 Å². The van der Waals surface area contributed by atoms with Gasteiger partial charge in [0.1, 0.15) is 0 Å². The normalized spacial score (nSPS) is 12.4. The van der Waals surface area contributed by atoms with Crippen LogP contribution < -0.4 is 0 Å². The minimum absolute atomic E-state index is 0. The molecular formula is C7H6NNaO2S2. The summed E-state index contributed by atoms with van der Waals surface area (Å²) in [7, 11) is 0. The monoisotopic (exact) mass is 223 g/mol. The third-order valence-electron chi connectivity index (χ3n) is 1.42. The molecule has 0 aliphatic heterocycles. The first kappa shape index (κ1) is 11.3. The molecule has 1 aromatic carbocycles. The molecule has 13 heavy (non-hydrogen) atoms. The number of para-hydroxylation sites is 1. The molecule has 6 heteroatoms. The van der Waals surface area contributed by atoms with E-state index in [0.717, 1.165) is 10.2 Å². The SMILES string of the molecule is O=S(O)c1nc2ccccc2s1.[NaH]. The molecule has 0 aliphatic carbocycles. The van der Waals surface area contributed by atoms with E-state index in [1.807, 2.05) is 24.3 Å². The molecule has 3 nitrogen and oxygen atoms in total. The Balaban J connectivity index is 0.000000845. The van der Waals surface area contributed by atoms with Crippen LogP contribution in [0.15, 0.2) is 28.6 Å². The van der Waals surface area contributed by atoms with E-state index >= 15 is 0 Å². The van der Waals surface area contributed by atoms with Crippen molar-refractivity contribution in [2.75, 3.05) is 0 Å². The molecular weight excluding hydrogens is 217 g/mol. The summed E-state index contributed by atoms with van der Waals surface area (Å²) in [6, 6.07) is 7.43. The standard InChI is InChI=1S/C7H5NO2S2.Na.H/c9-12(10)7-8-5-3-1-2-4-6(5)11-7;;/h1-4H,(H,9,10);;. The van der Waals surface area contributed by atoms with Crippen molar-refractivity contribution in [1.82, 2.24) is 4.98 Å². The van der Waals surface area contributed by atoms with Crippen LogP contribution in [0.25, 0.3) is 10.2 Å². The molecule has 0 fully saturated rings. The first-order valence-electron chi connectivity index (χ1n) is 3.24. The molecule has 0 radical (unpaired) electrons. The summed E-state index contributed by atoms with van der Waals surface area (Å²) < 4.78 is 20.6. The van der Waals surface area contributed by atoms with Crippen molar-refractivity contribution in [2.24, 2.45) is 0 Å². The van der Waals surface area contributed by atoms with Crippen molar-refractivity contribution in [3.05, 3.63) is 24.3 Å². The molecule has 64 valence electrons. The van der Waals surface area contributed by atoms with Gasteiger partial charge in [-0.2, -0.15) is 0 Å². The zero-order valence-electron chi connectivity index (χ0n) is 5.93. The van der Waals surface area contributed by atoms with Gasteiger partial charge in [0, 0.05) is 0 Å². The first-order chi connectivity index (χ1) is 5.77. The van der Waals surface area contributed by atoms with Gasteiger partial charge in [-0.15, -0.1) is 11.3 Å². The maximum absolute atomic E-state index is 10.6. The van der Waals surface area contributed by atoms with Crippen LogP contribution in [0.2, 0.25) is 0 Å². The fourth-order valence-corrected chi connectivity index (χ4v) is 2.35. The van der Waals surface area contributed by atoms with E-state index < -0.39 is 11.1 Å². The molecule has 1 heterocycles. The average Bonchev–Trinajstić information content (AvgIpc) is 2.46. The van der Waals surface area contributed by atoms with E-state index in [0.29, 0.717) is 0 Å². The Kier molecular flexibility index (Phi) is 4.03. The molecule has 2 aromatic rings. The number of thiazole rings is 1. The fraction of sp³-hybridized carbons (Fsp3) is 0.